The van der Waals surface area contributed by atoms with Crippen LogP contribution in [0.1, 0.15) is 35.3 Å². The minimum Gasteiger partial charge on any atom is -0.259 e. The Morgan fingerprint density at radius 2 is 1.75 bits per heavy atom. The Hall–Kier alpha value is -3.49. The number of rotatable bonds is 7. The Bertz CT molecular complexity index is 1230. The first-order chi connectivity index (χ1) is 15.4. The molecule has 4 rings (SSSR count). The second-order valence-corrected chi connectivity index (χ2v) is 7.59. The second-order valence-electron chi connectivity index (χ2n) is 7.59. The van der Waals surface area contributed by atoms with Gasteiger partial charge in [-0.05, 0) is 50.6 Å². The third-order valence-electron chi connectivity index (χ3n) is 5.20. The maximum Gasteiger partial charge on any atom is 0.257 e. The van der Waals surface area contributed by atoms with E-state index in [2.05, 4.69) is 20.2 Å². The van der Waals surface area contributed by atoms with Crippen LogP contribution in [0.4, 0.5) is 13.2 Å². The van der Waals surface area contributed by atoms with E-state index in [1.807, 2.05) is 32.9 Å². The predicted molar refractivity (Wildman–Crippen MR) is 114 cm³/mol. The van der Waals surface area contributed by atoms with Crippen LogP contribution in [0.3, 0.4) is 0 Å². The van der Waals surface area contributed by atoms with Gasteiger partial charge in [-0.2, -0.15) is 10.2 Å². The van der Waals surface area contributed by atoms with E-state index in [4.69, 9.17) is 0 Å². The van der Waals surface area contributed by atoms with Gasteiger partial charge in [-0.1, -0.05) is 6.92 Å². The summed E-state index contributed by atoms with van der Waals surface area (Å²) in [5, 5.41) is 8.95. The van der Waals surface area contributed by atoms with Crippen molar-refractivity contribution in [3.05, 3.63) is 76.9 Å². The number of halogens is 3. The van der Waals surface area contributed by atoms with Crippen molar-refractivity contribution in [2.24, 2.45) is 0 Å². The van der Waals surface area contributed by atoms with Gasteiger partial charge >= 0.3 is 0 Å². The SMILES string of the molecule is CCc1c(Cc2cc(-n3nc(C)cc3C)ncn2)nn(CC(F)F)c1-c1ccc(F)cc1. The summed E-state index contributed by atoms with van der Waals surface area (Å²) in [4.78, 5) is 8.67. The minimum atomic E-state index is -2.57. The van der Waals surface area contributed by atoms with Gasteiger partial charge in [-0.15, -0.1) is 0 Å². The summed E-state index contributed by atoms with van der Waals surface area (Å²) >= 11 is 0. The van der Waals surface area contributed by atoms with E-state index in [9.17, 15) is 13.2 Å². The molecule has 166 valence electrons. The first kappa shape index (κ1) is 21.7. The Kier molecular flexibility index (Phi) is 6.07. The van der Waals surface area contributed by atoms with Crippen molar-refractivity contribution < 1.29 is 13.2 Å². The van der Waals surface area contributed by atoms with Gasteiger partial charge in [0.1, 0.15) is 18.7 Å². The summed E-state index contributed by atoms with van der Waals surface area (Å²) in [5.74, 6) is 0.244. The van der Waals surface area contributed by atoms with Gasteiger partial charge in [0.25, 0.3) is 6.43 Å². The zero-order valence-corrected chi connectivity index (χ0v) is 18.1. The maximum atomic E-state index is 13.4. The van der Waals surface area contributed by atoms with E-state index in [1.165, 1.54) is 23.1 Å². The lowest BCUT2D eigenvalue weighted by atomic mass is 10.0. The molecule has 6 nitrogen and oxygen atoms in total. The van der Waals surface area contributed by atoms with Gasteiger partial charge in [0, 0.05) is 29.3 Å². The van der Waals surface area contributed by atoms with Crippen LogP contribution in [0, 0.1) is 19.7 Å². The molecule has 0 fully saturated rings. The predicted octanol–water partition coefficient (Wildman–Crippen LogP) is 4.70. The molecule has 0 saturated heterocycles. The van der Waals surface area contributed by atoms with Crippen molar-refractivity contribution in [1.82, 2.24) is 29.5 Å². The molecule has 0 saturated carbocycles. The number of aromatic nitrogens is 6. The highest BCUT2D eigenvalue weighted by atomic mass is 19.3. The molecule has 0 N–H and O–H groups in total. The molecule has 32 heavy (non-hydrogen) atoms. The van der Waals surface area contributed by atoms with Crippen LogP contribution in [0.5, 0.6) is 0 Å². The first-order valence-corrected chi connectivity index (χ1v) is 10.3. The minimum absolute atomic E-state index is 0.350. The van der Waals surface area contributed by atoms with Crippen LogP contribution in [-0.2, 0) is 19.4 Å². The molecule has 0 aliphatic heterocycles. The van der Waals surface area contributed by atoms with Crippen LogP contribution in [0.15, 0.2) is 42.7 Å². The summed E-state index contributed by atoms with van der Waals surface area (Å²) in [6.07, 6.45) is -0.171. The molecule has 0 aliphatic rings. The molecule has 0 bridgehead atoms. The lowest BCUT2D eigenvalue weighted by Crippen LogP contribution is -2.10. The molecule has 4 aromatic rings. The van der Waals surface area contributed by atoms with E-state index in [1.54, 1.807) is 16.8 Å². The molecule has 0 spiro atoms. The van der Waals surface area contributed by atoms with Crippen LogP contribution in [-0.4, -0.2) is 36.0 Å². The Balaban J connectivity index is 1.75. The van der Waals surface area contributed by atoms with Gasteiger partial charge in [0.2, 0.25) is 0 Å². The van der Waals surface area contributed by atoms with E-state index < -0.39 is 13.0 Å². The van der Waals surface area contributed by atoms with Crippen molar-refractivity contribution in [2.45, 2.75) is 46.6 Å². The van der Waals surface area contributed by atoms with Crippen molar-refractivity contribution in [2.75, 3.05) is 0 Å². The number of aryl methyl sites for hydroxylation is 2. The molecule has 0 atom stereocenters. The number of hydrogen-bond donors (Lipinski definition) is 0. The van der Waals surface area contributed by atoms with Gasteiger partial charge in [0.05, 0.1) is 22.8 Å². The zero-order valence-electron chi connectivity index (χ0n) is 18.1. The summed E-state index contributed by atoms with van der Waals surface area (Å²) in [6.45, 7) is 5.26. The monoisotopic (exact) mass is 440 g/mol. The van der Waals surface area contributed by atoms with E-state index in [0.29, 0.717) is 41.3 Å². The standard InChI is InChI=1S/C23H23F3N6/c1-4-19-20(10-18-11-22(28-13-27-18)32-15(3)9-14(2)29-32)30-31(12-21(25)26)23(19)16-5-7-17(24)8-6-16/h5-9,11,13,21H,4,10,12H2,1-3H3. The fourth-order valence-electron chi connectivity index (χ4n) is 3.89. The molecule has 3 aromatic heterocycles. The van der Waals surface area contributed by atoms with Crippen LogP contribution >= 0.6 is 0 Å². The number of benzene rings is 1. The van der Waals surface area contributed by atoms with E-state index in [-0.39, 0.29) is 5.82 Å². The van der Waals surface area contributed by atoms with Crippen molar-refractivity contribution in [3.63, 3.8) is 0 Å². The third-order valence-corrected chi connectivity index (χ3v) is 5.20. The fraction of sp³-hybridized carbons (Fsp3) is 0.304. The van der Waals surface area contributed by atoms with Gasteiger partial charge in [0.15, 0.2) is 5.82 Å². The average Bonchev–Trinajstić information content (AvgIpc) is 3.26. The molecular weight excluding hydrogens is 417 g/mol. The Morgan fingerprint density at radius 3 is 2.38 bits per heavy atom. The molecule has 0 radical (unpaired) electrons. The zero-order chi connectivity index (χ0) is 22.8. The van der Waals surface area contributed by atoms with Gasteiger partial charge < -0.3 is 0 Å². The number of alkyl halides is 2. The normalized spacial score (nSPS) is 11.5. The first-order valence-electron chi connectivity index (χ1n) is 10.3. The number of nitrogens with zero attached hydrogens (tertiary/aromatic N) is 6. The maximum absolute atomic E-state index is 13.4. The highest BCUT2D eigenvalue weighted by Crippen LogP contribution is 2.29. The van der Waals surface area contributed by atoms with E-state index >= 15 is 0 Å². The Labute approximate surface area is 183 Å². The average molecular weight is 440 g/mol. The molecule has 1 aromatic carbocycles. The highest BCUT2D eigenvalue weighted by molar-refractivity contribution is 5.65. The topological polar surface area (TPSA) is 61.4 Å². The summed E-state index contributed by atoms with van der Waals surface area (Å²) in [5.41, 5.74) is 5.25. The van der Waals surface area contributed by atoms with Crippen LogP contribution in [0.25, 0.3) is 17.1 Å². The summed E-state index contributed by atoms with van der Waals surface area (Å²) in [7, 11) is 0. The number of hydrogen-bond acceptors (Lipinski definition) is 4. The van der Waals surface area contributed by atoms with Crippen molar-refractivity contribution in [1.29, 1.82) is 0 Å². The van der Waals surface area contributed by atoms with Gasteiger partial charge in [-0.3, -0.25) is 4.68 Å². The third kappa shape index (κ3) is 4.42. The molecular formula is C23H23F3N6. The highest BCUT2D eigenvalue weighted by Gasteiger charge is 2.21. The molecule has 3 heterocycles. The smallest absolute Gasteiger partial charge is 0.257 e. The molecule has 0 unspecified atom stereocenters. The summed E-state index contributed by atoms with van der Waals surface area (Å²) < 4.78 is 43.0. The van der Waals surface area contributed by atoms with Crippen LogP contribution in [0.2, 0.25) is 0 Å². The summed E-state index contributed by atoms with van der Waals surface area (Å²) in [6, 6.07) is 9.59. The molecule has 0 aliphatic carbocycles. The molecule has 0 amide bonds. The van der Waals surface area contributed by atoms with Gasteiger partial charge in [-0.25, -0.2) is 27.8 Å². The van der Waals surface area contributed by atoms with Crippen molar-refractivity contribution in [3.8, 4) is 17.1 Å². The second kappa shape index (κ2) is 8.94. The van der Waals surface area contributed by atoms with Crippen LogP contribution < -0.4 is 0 Å². The molecule has 9 heteroatoms. The van der Waals surface area contributed by atoms with E-state index in [0.717, 1.165) is 17.0 Å². The van der Waals surface area contributed by atoms with Crippen molar-refractivity contribution >= 4 is 0 Å². The lowest BCUT2D eigenvalue weighted by Gasteiger charge is -2.09. The lowest BCUT2D eigenvalue weighted by molar-refractivity contribution is 0.122. The quantitative estimate of drug-likeness (QED) is 0.418. The fourth-order valence-corrected chi connectivity index (χ4v) is 3.89. The Morgan fingerprint density at radius 1 is 1.00 bits per heavy atom. The largest absolute Gasteiger partial charge is 0.259 e.